The van der Waals surface area contributed by atoms with E-state index in [0.717, 1.165) is 9.87 Å². The molecule has 0 unspecified atom stereocenters. The summed E-state index contributed by atoms with van der Waals surface area (Å²) in [7, 11) is -1.45. The first-order chi connectivity index (χ1) is 11.4. The van der Waals surface area contributed by atoms with Crippen molar-refractivity contribution in [2.45, 2.75) is 10.6 Å². The van der Waals surface area contributed by atoms with E-state index in [4.69, 9.17) is 4.74 Å². The fraction of sp³-hybridized carbons (Fsp3) is 0.294. The van der Waals surface area contributed by atoms with Crippen molar-refractivity contribution in [3.05, 3.63) is 60.2 Å². The highest BCUT2D eigenvalue weighted by Crippen LogP contribution is 2.18. The molecule has 2 aromatic carbocycles. The normalized spacial score (nSPS) is 13.0. The van der Waals surface area contributed by atoms with Crippen LogP contribution >= 0.6 is 0 Å². The summed E-state index contributed by atoms with van der Waals surface area (Å²) in [5.41, 5.74) is 1.04. The lowest BCUT2D eigenvalue weighted by Crippen LogP contribution is -2.22. The number of sulfonamides is 1. The Bertz CT molecular complexity index is 772. The summed E-state index contributed by atoms with van der Waals surface area (Å²) >= 11 is 0. The van der Waals surface area contributed by atoms with Gasteiger partial charge in [-0.3, -0.25) is 4.21 Å². The molecule has 2 rings (SSSR count). The summed E-state index contributed by atoms with van der Waals surface area (Å²) in [5, 5.41) is 0. The van der Waals surface area contributed by atoms with E-state index in [1.807, 2.05) is 30.3 Å². The van der Waals surface area contributed by atoms with Gasteiger partial charge in [0.2, 0.25) is 10.0 Å². The monoisotopic (exact) mass is 367 g/mol. The quantitative estimate of drug-likeness (QED) is 0.718. The van der Waals surface area contributed by atoms with Crippen LogP contribution in [0.3, 0.4) is 0 Å². The van der Waals surface area contributed by atoms with E-state index < -0.39 is 20.8 Å². The Hall–Kier alpha value is -1.70. The predicted octanol–water partition coefficient (Wildman–Crippen LogP) is 2.26. The van der Waals surface area contributed by atoms with Gasteiger partial charge in [-0.25, -0.2) is 12.7 Å². The van der Waals surface area contributed by atoms with Crippen LogP contribution in [0.4, 0.5) is 0 Å². The molecular formula is C17H21NO4S2. The molecule has 0 radical (unpaired) electrons. The van der Waals surface area contributed by atoms with E-state index in [1.165, 1.54) is 26.2 Å². The molecule has 0 saturated heterocycles. The second-order valence-electron chi connectivity index (χ2n) is 5.38. The third-order valence-electron chi connectivity index (χ3n) is 3.35. The lowest BCUT2D eigenvalue weighted by atomic mass is 10.2. The highest BCUT2D eigenvalue weighted by Gasteiger charge is 2.16. The maximum absolute atomic E-state index is 12.0. The van der Waals surface area contributed by atoms with Crippen molar-refractivity contribution in [2.75, 3.05) is 26.5 Å². The maximum Gasteiger partial charge on any atom is 0.242 e. The minimum atomic E-state index is -3.43. The molecule has 2 aromatic rings. The van der Waals surface area contributed by atoms with E-state index >= 15 is 0 Å². The number of ether oxygens (including phenoxy) is 1. The second-order valence-corrected chi connectivity index (χ2v) is 9.11. The van der Waals surface area contributed by atoms with Gasteiger partial charge in [0.15, 0.2) is 0 Å². The molecule has 0 aliphatic rings. The molecule has 130 valence electrons. The first-order valence-corrected chi connectivity index (χ1v) is 10.4. The van der Waals surface area contributed by atoms with Crippen LogP contribution in [0.15, 0.2) is 59.5 Å². The van der Waals surface area contributed by atoms with Crippen LogP contribution in [0.25, 0.3) is 0 Å². The van der Waals surface area contributed by atoms with Gasteiger partial charge in [-0.05, 0) is 29.8 Å². The van der Waals surface area contributed by atoms with Gasteiger partial charge < -0.3 is 4.74 Å². The van der Waals surface area contributed by atoms with Gasteiger partial charge in [0.05, 0.1) is 17.3 Å². The van der Waals surface area contributed by atoms with Crippen molar-refractivity contribution in [3.63, 3.8) is 0 Å². The Labute approximate surface area is 145 Å². The van der Waals surface area contributed by atoms with Crippen LogP contribution in [0.5, 0.6) is 5.75 Å². The number of rotatable bonds is 8. The Morgan fingerprint density at radius 1 is 1.00 bits per heavy atom. The summed E-state index contributed by atoms with van der Waals surface area (Å²) in [6.45, 7) is 0.319. The highest BCUT2D eigenvalue weighted by atomic mass is 32.2. The van der Waals surface area contributed by atoms with Crippen LogP contribution in [0, 0.1) is 0 Å². The first-order valence-electron chi connectivity index (χ1n) is 7.44. The Morgan fingerprint density at radius 2 is 1.62 bits per heavy atom. The molecule has 1 atom stereocenters. The summed E-state index contributed by atoms with van der Waals surface area (Å²) in [6.07, 6.45) is 0. The Morgan fingerprint density at radius 3 is 2.21 bits per heavy atom. The van der Waals surface area contributed by atoms with E-state index in [1.54, 1.807) is 12.1 Å². The first kappa shape index (κ1) is 18.6. The molecule has 0 saturated carbocycles. The summed E-state index contributed by atoms with van der Waals surface area (Å²) in [4.78, 5) is 0.215. The molecule has 0 heterocycles. The lowest BCUT2D eigenvalue weighted by molar-refractivity contribution is 0.342. The summed E-state index contributed by atoms with van der Waals surface area (Å²) in [6, 6.07) is 15.9. The molecule has 5 nitrogen and oxygen atoms in total. The van der Waals surface area contributed by atoms with Crippen LogP contribution in [-0.4, -0.2) is 43.4 Å². The molecule has 0 aliphatic heterocycles. The standard InChI is InChI=1S/C17H21NO4S2/c1-18(2)24(20,21)17-10-8-16(9-11-17)22-12-13-23(19)14-15-6-4-3-5-7-15/h3-11H,12-14H2,1-2H3/t23-/m0/s1. The molecular weight excluding hydrogens is 346 g/mol. The zero-order chi connectivity index (χ0) is 17.6. The van der Waals surface area contributed by atoms with Gasteiger partial charge in [-0.15, -0.1) is 0 Å². The average molecular weight is 367 g/mol. The molecule has 0 spiro atoms. The molecule has 24 heavy (non-hydrogen) atoms. The summed E-state index contributed by atoms with van der Waals surface area (Å²) < 4.78 is 42.6. The molecule has 0 aromatic heterocycles. The van der Waals surface area contributed by atoms with Crippen LogP contribution in [0.2, 0.25) is 0 Å². The minimum absolute atomic E-state index is 0.215. The Balaban J connectivity index is 1.84. The van der Waals surface area contributed by atoms with E-state index in [9.17, 15) is 12.6 Å². The SMILES string of the molecule is CN(C)S(=O)(=O)c1ccc(OCC[S@](=O)Cc2ccccc2)cc1. The maximum atomic E-state index is 12.0. The van der Waals surface area contributed by atoms with E-state index in [-0.39, 0.29) is 4.90 Å². The zero-order valence-electron chi connectivity index (χ0n) is 13.7. The molecule has 0 N–H and O–H groups in total. The van der Waals surface area contributed by atoms with Gasteiger partial charge in [0, 0.05) is 30.6 Å². The molecule has 0 amide bonds. The number of hydrogen-bond donors (Lipinski definition) is 0. The van der Waals surface area contributed by atoms with Gasteiger partial charge in [0.1, 0.15) is 5.75 Å². The van der Waals surface area contributed by atoms with Crippen LogP contribution < -0.4 is 4.74 Å². The predicted molar refractivity (Wildman–Crippen MR) is 96.0 cm³/mol. The largest absolute Gasteiger partial charge is 0.493 e. The van der Waals surface area contributed by atoms with Crippen molar-refractivity contribution >= 4 is 20.8 Å². The average Bonchev–Trinajstić information content (AvgIpc) is 2.56. The smallest absolute Gasteiger partial charge is 0.242 e. The number of hydrogen-bond acceptors (Lipinski definition) is 4. The van der Waals surface area contributed by atoms with Gasteiger partial charge in [0.25, 0.3) is 0 Å². The number of nitrogens with zero attached hydrogens (tertiary/aromatic N) is 1. The molecule has 7 heteroatoms. The van der Waals surface area contributed by atoms with E-state index in [0.29, 0.717) is 23.9 Å². The van der Waals surface area contributed by atoms with Gasteiger partial charge in [-0.2, -0.15) is 0 Å². The van der Waals surface area contributed by atoms with Gasteiger partial charge in [-0.1, -0.05) is 30.3 Å². The fourth-order valence-electron chi connectivity index (χ4n) is 2.00. The van der Waals surface area contributed by atoms with Crippen molar-refractivity contribution in [1.82, 2.24) is 4.31 Å². The molecule has 0 fully saturated rings. The van der Waals surface area contributed by atoms with Crippen molar-refractivity contribution < 1.29 is 17.4 Å². The van der Waals surface area contributed by atoms with Crippen molar-refractivity contribution in [3.8, 4) is 5.75 Å². The number of benzene rings is 2. The topological polar surface area (TPSA) is 63.7 Å². The Kier molecular flexibility index (Phi) is 6.53. The van der Waals surface area contributed by atoms with Crippen LogP contribution in [0.1, 0.15) is 5.56 Å². The van der Waals surface area contributed by atoms with Crippen molar-refractivity contribution in [2.24, 2.45) is 0 Å². The van der Waals surface area contributed by atoms with Gasteiger partial charge >= 0.3 is 0 Å². The van der Waals surface area contributed by atoms with Crippen molar-refractivity contribution in [1.29, 1.82) is 0 Å². The molecule has 0 bridgehead atoms. The van der Waals surface area contributed by atoms with E-state index in [2.05, 4.69) is 0 Å². The minimum Gasteiger partial charge on any atom is -0.493 e. The molecule has 0 aliphatic carbocycles. The lowest BCUT2D eigenvalue weighted by Gasteiger charge is -2.12. The third-order valence-corrected chi connectivity index (χ3v) is 6.46. The second kappa shape index (κ2) is 8.41. The summed E-state index contributed by atoms with van der Waals surface area (Å²) in [5.74, 6) is 1.49. The highest BCUT2D eigenvalue weighted by molar-refractivity contribution is 7.89. The third kappa shape index (κ3) is 5.15. The zero-order valence-corrected chi connectivity index (χ0v) is 15.3. The fourth-order valence-corrected chi connectivity index (χ4v) is 3.88. The van der Waals surface area contributed by atoms with Crippen LogP contribution in [-0.2, 0) is 26.6 Å².